The van der Waals surface area contributed by atoms with Crippen LogP contribution in [0.15, 0.2) is 53.4 Å². The summed E-state index contributed by atoms with van der Waals surface area (Å²) in [7, 11) is 0. The van der Waals surface area contributed by atoms with Crippen LogP contribution in [0.4, 0.5) is 10.1 Å². The molecule has 0 fully saturated rings. The van der Waals surface area contributed by atoms with Gasteiger partial charge in [0.2, 0.25) is 5.91 Å². The first-order valence-corrected chi connectivity index (χ1v) is 6.87. The largest absolute Gasteiger partial charge is 0.325 e. The molecule has 0 aliphatic rings. The molecule has 19 heavy (non-hydrogen) atoms. The second kappa shape index (κ2) is 6.38. The Morgan fingerprint density at radius 1 is 1.11 bits per heavy atom. The van der Waals surface area contributed by atoms with Crippen molar-refractivity contribution in [3.8, 4) is 0 Å². The number of thioether (sulfide) groups is 1. The van der Waals surface area contributed by atoms with E-state index < -0.39 is 0 Å². The minimum absolute atomic E-state index is 0.0711. The highest BCUT2D eigenvalue weighted by Gasteiger charge is 2.03. The van der Waals surface area contributed by atoms with Crippen LogP contribution in [0.1, 0.15) is 5.56 Å². The molecule has 2 aromatic carbocycles. The average molecular weight is 275 g/mol. The Hall–Kier alpha value is -1.81. The SMILES string of the molecule is Cc1ccc(NC(=O)CSc2ccc(F)cc2)cc1. The molecule has 1 N–H and O–H groups in total. The van der Waals surface area contributed by atoms with Crippen LogP contribution in [-0.2, 0) is 4.79 Å². The monoisotopic (exact) mass is 275 g/mol. The van der Waals surface area contributed by atoms with Gasteiger partial charge in [-0.2, -0.15) is 0 Å². The van der Waals surface area contributed by atoms with Gasteiger partial charge >= 0.3 is 0 Å². The van der Waals surface area contributed by atoms with Gasteiger partial charge in [0, 0.05) is 10.6 Å². The van der Waals surface area contributed by atoms with E-state index >= 15 is 0 Å². The van der Waals surface area contributed by atoms with Crippen molar-refractivity contribution in [3.63, 3.8) is 0 Å². The zero-order valence-corrected chi connectivity index (χ0v) is 11.3. The summed E-state index contributed by atoms with van der Waals surface area (Å²) < 4.78 is 12.7. The molecular formula is C15H14FNOS. The van der Waals surface area contributed by atoms with Gasteiger partial charge in [0.05, 0.1) is 5.75 Å². The van der Waals surface area contributed by atoms with Gasteiger partial charge in [-0.05, 0) is 43.3 Å². The molecule has 0 aliphatic carbocycles. The molecule has 0 spiro atoms. The van der Waals surface area contributed by atoms with Crippen LogP contribution in [0.2, 0.25) is 0 Å². The van der Waals surface area contributed by atoms with Crippen LogP contribution in [0.5, 0.6) is 0 Å². The van der Waals surface area contributed by atoms with Crippen molar-refractivity contribution >= 4 is 23.4 Å². The molecule has 0 bridgehead atoms. The molecule has 0 saturated carbocycles. The molecule has 1 amide bonds. The summed E-state index contributed by atoms with van der Waals surface area (Å²) in [6.45, 7) is 2.00. The van der Waals surface area contributed by atoms with Gasteiger partial charge in [-0.15, -0.1) is 11.8 Å². The first-order chi connectivity index (χ1) is 9.13. The average Bonchev–Trinajstić information content (AvgIpc) is 2.41. The fourth-order valence-corrected chi connectivity index (χ4v) is 2.21. The number of halogens is 1. The van der Waals surface area contributed by atoms with E-state index in [4.69, 9.17) is 0 Å². The molecule has 4 heteroatoms. The summed E-state index contributed by atoms with van der Waals surface area (Å²) in [6.07, 6.45) is 0. The summed E-state index contributed by atoms with van der Waals surface area (Å²) in [5.74, 6) is -0.0360. The van der Waals surface area contributed by atoms with Crippen molar-refractivity contribution in [1.29, 1.82) is 0 Å². The van der Waals surface area contributed by atoms with Crippen LogP contribution in [0, 0.1) is 12.7 Å². The third-order valence-corrected chi connectivity index (χ3v) is 3.53. The fraction of sp³-hybridized carbons (Fsp3) is 0.133. The molecule has 0 aliphatic heterocycles. The third-order valence-electron chi connectivity index (χ3n) is 2.52. The third kappa shape index (κ3) is 4.41. The van der Waals surface area contributed by atoms with E-state index in [1.54, 1.807) is 12.1 Å². The van der Waals surface area contributed by atoms with E-state index in [0.717, 1.165) is 16.1 Å². The number of rotatable bonds is 4. The smallest absolute Gasteiger partial charge is 0.234 e. The van der Waals surface area contributed by atoms with Crippen molar-refractivity contribution in [2.45, 2.75) is 11.8 Å². The number of amides is 1. The first-order valence-electron chi connectivity index (χ1n) is 5.88. The lowest BCUT2D eigenvalue weighted by atomic mass is 10.2. The van der Waals surface area contributed by atoms with Crippen LogP contribution < -0.4 is 5.32 Å². The maximum Gasteiger partial charge on any atom is 0.234 e. The molecule has 0 atom stereocenters. The Labute approximate surface area is 116 Å². The Balaban J connectivity index is 1.84. The van der Waals surface area contributed by atoms with Gasteiger partial charge in [0.15, 0.2) is 0 Å². The predicted octanol–water partition coefficient (Wildman–Crippen LogP) is 3.86. The van der Waals surface area contributed by atoms with E-state index in [2.05, 4.69) is 5.32 Å². The lowest BCUT2D eigenvalue weighted by Gasteiger charge is -2.05. The molecule has 98 valence electrons. The second-order valence-electron chi connectivity index (χ2n) is 4.16. The number of nitrogens with one attached hydrogen (secondary N) is 1. The first kappa shape index (κ1) is 13.6. The topological polar surface area (TPSA) is 29.1 Å². The van der Waals surface area contributed by atoms with Crippen molar-refractivity contribution < 1.29 is 9.18 Å². The number of aryl methyl sites for hydroxylation is 1. The van der Waals surface area contributed by atoms with Crippen LogP contribution in [-0.4, -0.2) is 11.7 Å². The van der Waals surface area contributed by atoms with Gasteiger partial charge < -0.3 is 5.32 Å². The lowest BCUT2D eigenvalue weighted by Crippen LogP contribution is -2.13. The van der Waals surface area contributed by atoms with E-state index in [-0.39, 0.29) is 11.7 Å². The number of hydrogen-bond acceptors (Lipinski definition) is 2. The quantitative estimate of drug-likeness (QED) is 0.858. The van der Waals surface area contributed by atoms with Crippen LogP contribution >= 0.6 is 11.8 Å². The molecule has 2 rings (SSSR count). The summed E-state index contributed by atoms with van der Waals surface area (Å²) >= 11 is 1.38. The Bertz CT molecular complexity index is 551. The fourth-order valence-electron chi connectivity index (χ4n) is 1.51. The zero-order valence-electron chi connectivity index (χ0n) is 10.5. The van der Waals surface area contributed by atoms with E-state index in [9.17, 15) is 9.18 Å². The zero-order chi connectivity index (χ0) is 13.7. The normalized spacial score (nSPS) is 10.2. The highest BCUT2D eigenvalue weighted by atomic mass is 32.2. The minimum atomic E-state index is -0.270. The van der Waals surface area contributed by atoms with Crippen LogP contribution in [0.3, 0.4) is 0 Å². The summed E-state index contributed by atoms with van der Waals surface area (Å²) in [5, 5.41) is 2.82. The van der Waals surface area contributed by atoms with Crippen molar-refractivity contribution in [1.82, 2.24) is 0 Å². The number of anilines is 1. The highest BCUT2D eigenvalue weighted by Crippen LogP contribution is 2.18. The van der Waals surface area contributed by atoms with Gasteiger partial charge in [-0.1, -0.05) is 17.7 Å². The maximum absolute atomic E-state index is 12.7. The van der Waals surface area contributed by atoms with E-state index in [1.807, 2.05) is 31.2 Å². The number of benzene rings is 2. The lowest BCUT2D eigenvalue weighted by molar-refractivity contribution is -0.113. The van der Waals surface area contributed by atoms with Crippen LogP contribution in [0.25, 0.3) is 0 Å². The van der Waals surface area contributed by atoms with E-state index in [1.165, 1.54) is 23.9 Å². The van der Waals surface area contributed by atoms with E-state index in [0.29, 0.717) is 5.75 Å². The number of hydrogen-bond donors (Lipinski definition) is 1. The van der Waals surface area contributed by atoms with Gasteiger partial charge in [-0.25, -0.2) is 4.39 Å². The molecule has 2 nitrogen and oxygen atoms in total. The molecule has 0 radical (unpaired) electrons. The molecule has 2 aromatic rings. The highest BCUT2D eigenvalue weighted by molar-refractivity contribution is 8.00. The molecule has 0 saturated heterocycles. The maximum atomic E-state index is 12.7. The standard InChI is InChI=1S/C15H14FNOS/c1-11-2-6-13(7-3-11)17-15(18)10-19-14-8-4-12(16)5-9-14/h2-9H,10H2,1H3,(H,17,18). The second-order valence-corrected chi connectivity index (χ2v) is 5.21. The Morgan fingerprint density at radius 3 is 2.37 bits per heavy atom. The predicted molar refractivity (Wildman–Crippen MR) is 76.9 cm³/mol. The summed E-state index contributed by atoms with van der Waals surface area (Å²) in [6, 6.07) is 13.7. The molecule has 0 aromatic heterocycles. The number of carbonyl (C=O) groups is 1. The summed E-state index contributed by atoms with van der Waals surface area (Å²) in [5.41, 5.74) is 1.94. The summed E-state index contributed by atoms with van der Waals surface area (Å²) in [4.78, 5) is 12.6. The van der Waals surface area contributed by atoms with Gasteiger partial charge in [0.1, 0.15) is 5.82 Å². The van der Waals surface area contributed by atoms with Gasteiger partial charge in [0.25, 0.3) is 0 Å². The molecule has 0 heterocycles. The van der Waals surface area contributed by atoms with Crippen molar-refractivity contribution in [2.24, 2.45) is 0 Å². The molecule has 0 unspecified atom stereocenters. The Morgan fingerprint density at radius 2 is 1.74 bits per heavy atom. The van der Waals surface area contributed by atoms with Gasteiger partial charge in [-0.3, -0.25) is 4.79 Å². The van der Waals surface area contributed by atoms with Crippen molar-refractivity contribution in [3.05, 3.63) is 59.9 Å². The number of carbonyl (C=O) groups excluding carboxylic acids is 1. The minimum Gasteiger partial charge on any atom is -0.325 e. The molecular weight excluding hydrogens is 261 g/mol. The van der Waals surface area contributed by atoms with Crippen molar-refractivity contribution in [2.75, 3.05) is 11.1 Å². The Kier molecular flexibility index (Phi) is 4.58.